The van der Waals surface area contributed by atoms with Crippen LogP contribution in [0.5, 0.6) is 11.5 Å². The molecule has 0 saturated heterocycles. The highest BCUT2D eigenvalue weighted by Crippen LogP contribution is 2.66. The summed E-state index contributed by atoms with van der Waals surface area (Å²) in [4.78, 5) is 14.9. The molecule has 2 saturated carbocycles. The van der Waals surface area contributed by atoms with Crippen LogP contribution >= 0.6 is 11.6 Å². The molecule has 27 heavy (non-hydrogen) atoms. The lowest BCUT2D eigenvalue weighted by atomic mass is 9.79. The van der Waals surface area contributed by atoms with Crippen molar-refractivity contribution in [3.05, 3.63) is 47.0 Å². The first-order chi connectivity index (χ1) is 13.1. The number of phenols is 1. The third-order valence-corrected chi connectivity index (χ3v) is 6.66. The second kappa shape index (κ2) is 6.16. The second-order valence-electron chi connectivity index (χ2n) is 8.07. The average molecular weight is 384 g/mol. The van der Waals surface area contributed by atoms with E-state index in [1.165, 1.54) is 19.3 Å². The van der Waals surface area contributed by atoms with Crippen molar-refractivity contribution in [3.63, 3.8) is 0 Å². The Labute approximate surface area is 163 Å². The van der Waals surface area contributed by atoms with Crippen LogP contribution in [0.3, 0.4) is 0 Å². The Balaban J connectivity index is 1.45. The van der Waals surface area contributed by atoms with Crippen LogP contribution < -0.4 is 4.74 Å². The van der Waals surface area contributed by atoms with Crippen molar-refractivity contribution >= 4 is 17.5 Å². The van der Waals surface area contributed by atoms with Crippen molar-refractivity contribution in [2.24, 2.45) is 11.3 Å². The quantitative estimate of drug-likeness (QED) is 0.822. The number of rotatable bonds is 2. The Bertz CT molecular complexity index is 922. The fraction of sp³-hybridized carbons (Fsp3) is 0.409. The van der Waals surface area contributed by atoms with Crippen LogP contribution in [0.4, 0.5) is 0 Å². The first-order valence-corrected chi connectivity index (χ1v) is 9.97. The number of amides is 1. The average Bonchev–Trinajstić information content (AvgIpc) is 3.40. The van der Waals surface area contributed by atoms with Crippen molar-refractivity contribution in [3.8, 4) is 22.6 Å². The summed E-state index contributed by atoms with van der Waals surface area (Å²) in [7, 11) is 0. The summed E-state index contributed by atoms with van der Waals surface area (Å²) in [5.74, 6) is 1.04. The van der Waals surface area contributed by atoms with Gasteiger partial charge in [-0.15, -0.1) is 0 Å². The highest BCUT2D eigenvalue weighted by atomic mass is 35.5. The summed E-state index contributed by atoms with van der Waals surface area (Å²) in [5, 5.41) is 11.2. The third kappa shape index (κ3) is 2.87. The smallest absolute Gasteiger partial charge is 0.226 e. The van der Waals surface area contributed by atoms with Crippen LogP contribution in [0.15, 0.2) is 36.4 Å². The van der Waals surface area contributed by atoms with E-state index in [2.05, 4.69) is 0 Å². The molecule has 5 heteroatoms. The number of benzene rings is 2. The van der Waals surface area contributed by atoms with Gasteiger partial charge in [-0.2, -0.15) is 0 Å². The van der Waals surface area contributed by atoms with E-state index in [1.54, 1.807) is 6.07 Å². The van der Waals surface area contributed by atoms with Crippen molar-refractivity contribution in [2.45, 2.75) is 32.2 Å². The molecule has 140 valence electrons. The standard InChI is InChI=1S/C22H22ClNO3/c23-17-4-1-3-14(10-17)15-9-16-13-24(7-8-27-20(16)19(25)11-15)21(26)18-12-22(18)5-2-6-22/h1,3-4,9-11,18,25H,2,5-8,12-13H2. The molecule has 0 radical (unpaired) electrons. The molecule has 1 N–H and O–H groups in total. The van der Waals surface area contributed by atoms with E-state index in [-0.39, 0.29) is 17.6 Å². The van der Waals surface area contributed by atoms with Crippen molar-refractivity contribution in [2.75, 3.05) is 13.2 Å². The lowest BCUT2D eigenvalue weighted by molar-refractivity contribution is -0.134. The van der Waals surface area contributed by atoms with Gasteiger partial charge in [-0.05, 0) is 60.1 Å². The largest absolute Gasteiger partial charge is 0.504 e. The summed E-state index contributed by atoms with van der Waals surface area (Å²) in [6.45, 7) is 1.44. The first kappa shape index (κ1) is 16.9. The number of halogens is 1. The van der Waals surface area contributed by atoms with Gasteiger partial charge in [-0.3, -0.25) is 4.79 Å². The zero-order chi connectivity index (χ0) is 18.6. The lowest BCUT2D eigenvalue weighted by Crippen LogP contribution is -2.35. The van der Waals surface area contributed by atoms with E-state index in [4.69, 9.17) is 16.3 Å². The van der Waals surface area contributed by atoms with Gasteiger partial charge in [0.05, 0.1) is 6.54 Å². The van der Waals surface area contributed by atoms with E-state index < -0.39 is 0 Å². The first-order valence-electron chi connectivity index (χ1n) is 9.59. The molecule has 2 fully saturated rings. The third-order valence-electron chi connectivity index (χ3n) is 6.42. The number of carbonyl (C=O) groups excluding carboxylic acids is 1. The Kier molecular flexibility index (Phi) is 3.87. The molecule has 1 amide bonds. The molecule has 0 aromatic heterocycles. The zero-order valence-electron chi connectivity index (χ0n) is 15.1. The summed E-state index contributed by atoms with van der Waals surface area (Å²) >= 11 is 6.12. The minimum absolute atomic E-state index is 0.110. The normalized spacial score (nSPS) is 22.4. The van der Waals surface area contributed by atoms with Crippen molar-refractivity contribution in [1.82, 2.24) is 4.90 Å². The Hall–Kier alpha value is -2.20. The number of ether oxygens (including phenoxy) is 1. The summed E-state index contributed by atoms with van der Waals surface area (Å²) < 4.78 is 5.80. The summed E-state index contributed by atoms with van der Waals surface area (Å²) in [6.07, 6.45) is 4.70. The van der Waals surface area contributed by atoms with Gasteiger partial charge < -0.3 is 14.7 Å². The van der Waals surface area contributed by atoms with E-state index in [1.807, 2.05) is 35.2 Å². The second-order valence-corrected chi connectivity index (χ2v) is 8.51. The molecule has 1 aliphatic heterocycles. The number of nitrogens with zero attached hydrogens (tertiary/aromatic N) is 1. The Morgan fingerprint density at radius 2 is 2.07 bits per heavy atom. The van der Waals surface area contributed by atoms with Gasteiger partial charge in [-0.1, -0.05) is 30.2 Å². The van der Waals surface area contributed by atoms with Gasteiger partial charge >= 0.3 is 0 Å². The summed E-state index contributed by atoms with van der Waals surface area (Å²) in [6, 6.07) is 11.2. The van der Waals surface area contributed by atoms with Crippen molar-refractivity contribution < 1.29 is 14.6 Å². The van der Waals surface area contributed by atoms with Crippen LogP contribution in [0.1, 0.15) is 31.2 Å². The van der Waals surface area contributed by atoms with E-state index in [0.29, 0.717) is 35.9 Å². The molecule has 1 heterocycles. The van der Waals surface area contributed by atoms with Gasteiger partial charge in [0.1, 0.15) is 6.61 Å². The van der Waals surface area contributed by atoms with Gasteiger partial charge in [0, 0.05) is 23.0 Å². The molecule has 1 atom stereocenters. The number of carbonyl (C=O) groups is 1. The molecule has 3 aliphatic rings. The van der Waals surface area contributed by atoms with Gasteiger partial charge in [0.2, 0.25) is 5.91 Å². The minimum Gasteiger partial charge on any atom is -0.504 e. The fourth-order valence-corrected chi connectivity index (χ4v) is 4.81. The maximum Gasteiger partial charge on any atom is 0.226 e. The zero-order valence-corrected chi connectivity index (χ0v) is 15.8. The molecule has 1 unspecified atom stereocenters. The molecule has 1 spiro atoms. The molecule has 2 aromatic rings. The number of phenolic OH excluding ortho intramolecular Hbond substituents is 1. The van der Waals surface area contributed by atoms with Crippen molar-refractivity contribution in [1.29, 1.82) is 0 Å². The van der Waals surface area contributed by atoms with Gasteiger partial charge in [0.15, 0.2) is 11.5 Å². The number of fused-ring (bicyclic) bond motifs is 1. The monoisotopic (exact) mass is 383 g/mol. The molecule has 2 aliphatic carbocycles. The number of hydrogen-bond acceptors (Lipinski definition) is 3. The molecule has 0 bridgehead atoms. The number of hydrogen-bond donors (Lipinski definition) is 1. The maximum atomic E-state index is 13.0. The SMILES string of the molecule is O=C(C1CC12CCC2)N1CCOc2c(O)cc(-c3cccc(Cl)c3)cc2C1. The van der Waals surface area contributed by atoms with E-state index in [0.717, 1.165) is 23.1 Å². The molecule has 5 rings (SSSR count). The predicted octanol–water partition coefficient (Wildman–Crippen LogP) is 4.62. The fourth-order valence-electron chi connectivity index (χ4n) is 4.62. The molecular weight excluding hydrogens is 362 g/mol. The van der Waals surface area contributed by atoms with Gasteiger partial charge in [-0.25, -0.2) is 0 Å². The lowest BCUT2D eigenvalue weighted by Gasteiger charge is -2.28. The minimum atomic E-state index is 0.110. The molecular formula is C22H22ClNO3. The Morgan fingerprint density at radius 1 is 1.22 bits per heavy atom. The predicted molar refractivity (Wildman–Crippen MR) is 104 cm³/mol. The van der Waals surface area contributed by atoms with Crippen LogP contribution in [-0.2, 0) is 11.3 Å². The van der Waals surface area contributed by atoms with E-state index in [9.17, 15) is 9.90 Å². The molecule has 4 nitrogen and oxygen atoms in total. The molecule has 2 aromatic carbocycles. The highest BCUT2D eigenvalue weighted by molar-refractivity contribution is 6.30. The van der Waals surface area contributed by atoms with Crippen LogP contribution in [0, 0.1) is 11.3 Å². The topological polar surface area (TPSA) is 49.8 Å². The summed E-state index contributed by atoms with van der Waals surface area (Å²) in [5.41, 5.74) is 2.96. The van der Waals surface area contributed by atoms with Crippen LogP contribution in [0.2, 0.25) is 5.02 Å². The Morgan fingerprint density at radius 3 is 2.78 bits per heavy atom. The number of aromatic hydroxyl groups is 1. The van der Waals surface area contributed by atoms with Crippen LogP contribution in [-0.4, -0.2) is 29.1 Å². The highest BCUT2D eigenvalue weighted by Gasteiger charge is 2.61. The van der Waals surface area contributed by atoms with Crippen LogP contribution in [0.25, 0.3) is 11.1 Å². The van der Waals surface area contributed by atoms with E-state index >= 15 is 0 Å². The van der Waals surface area contributed by atoms with Gasteiger partial charge in [0.25, 0.3) is 0 Å². The maximum absolute atomic E-state index is 13.0.